The Morgan fingerprint density at radius 2 is 1.46 bits per heavy atom. The number of aromatic nitrogens is 2. The lowest BCUT2D eigenvalue weighted by atomic mass is 9.51. The molecule has 2 aromatic rings. The average Bonchev–Trinajstić information content (AvgIpc) is 2.97. The third kappa shape index (κ3) is 5.18. The molecule has 11 rings (SSSR count). The Morgan fingerprint density at radius 3 is 1.92 bits per heavy atom. The van der Waals surface area contributed by atoms with Crippen molar-refractivity contribution < 1.29 is 9.90 Å². The van der Waals surface area contributed by atoms with Gasteiger partial charge in [-0.25, -0.2) is 0 Å². The molecule has 6 bridgehead atoms. The molecule has 0 saturated heterocycles. The van der Waals surface area contributed by atoms with Crippen molar-refractivity contribution in [1.82, 2.24) is 9.97 Å². The summed E-state index contributed by atoms with van der Waals surface area (Å²) in [5.74, 6) is 2.99. The predicted molar refractivity (Wildman–Crippen MR) is 150 cm³/mol. The maximum atomic E-state index is 12.3. The fourth-order valence-corrected chi connectivity index (χ4v) is 9.11. The van der Waals surface area contributed by atoms with Crippen LogP contribution < -0.4 is 0 Å². The smallest absolute Gasteiger partial charge is 0.170 e. The molecule has 1 atom stereocenters. The number of hydrogen-bond acceptors (Lipinski definition) is 5. The van der Waals surface area contributed by atoms with E-state index in [1.165, 1.54) is 77.0 Å². The van der Waals surface area contributed by atoms with Gasteiger partial charge in [0, 0.05) is 41.2 Å². The van der Waals surface area contributed by atoms with Gasteiger partial charge in [-0.15, -0.1) is 0 Å². The first kappa shape index (κ1) is 26.6. The van der Waals surface area contributed by atoms with Crippen molar-refractivity contribution in [2.24, 2.45) is 34.0 Å². The number of hydrogen-bond donors (Lipinski definition) is 1. The van der Waals surface area contributed by atoms with Gasteiger partial charge in [0.1, 0.15) is 0 Å². The predicted octanol–water partition coefficient (Wildman–Crippen LogP) is 7.63. The zero-order chi connectivity index (χ0) is 26.9. The van der Waals surface area contributed by atoms with E-state index < -0.39 is 0 Å². The van der Waals surface area contributed by atoms with Crippen molar-refractivity contribution in [3.05, 3.63) is 60.2 Å². The molecule has 9 aliphatic rings. The number of Topliss-reactive ketones (excluding diaryl/α,β-unsaturated/α-hetero) is 1. The van der Waals surface area contributed by atoms with Gasteiger partial charge in [-0.05, 0) is 99.3 Å². The van der Waals surface area contributed by atoms with Gasteiger partial charge in [0.25, 0.3) is 0 Å². The van der Waals surface area contributed by atoms with Crippen LogP contribution in [0, 0.1) is 45.3 Å². The summed E-state index contributed by atoms with van der Waals surface area (Å²) in [6, 6.07) is 10.1. The van der Waals surface area contributed by atoms with E-state index in [1.807, 2.05) is 24.3 Å². The molecule has 0 spiro atoms. The first-order valence-electron chi connectivity index (χ1n) is 15.4. The average molecular weight is 526 g/mol. The van der Waals surface area contributed by atoms with Crippen LogP contribution in [0.4, 0.5) is 0 Å². The number of aliphatic hydroxyl groups is 1. The minimum absolute atomic E-state index is 0.00590. The summed E-state index contributed by atoms with van der Waals surface area (Å²) in [6.07, 6.45) is 25.2. The van der Waals surface area contributed by atoms with Crippen molar-refractivity contribution in [3.8, 4) is 6.07 Å². The number of carbonyl (C=O) groups is 1. The van der Waals surface area contributed by atoms with Gasteiger partial charge in [0.2, 0.25) is 0 Å². The van der Waals surface area contributed by atoms with E-state index in [0.717, 1.165) is 48.1 Å². The van der Waals surface area contributed by atoms with Crippen LogP contribution in [0.15, 0.2) is 49.1 Å². The van der Waals surface area contributed by atoms with E-state index in [1.54, 1.807) is 24.8 Å². The van der Waals surface area contributed by atoms with Gasteiger partial charge in [0.05, 0.1) is 17.6 Å². The highest BCUT2D eigenvalue weighted by atomic mass is 16.3. The van der Waals surface area contributed by atoms with Crippen molar-refractivity contribution >= 4 is 5.78 Å². The molecule has 9 fully saturated rings. The quantitative estimate of drug-likeness (QED) is 0.415. The molecule has 0 aliphatic heterocycles. The molecule has 5 heteroatoms. The number of nitrogens with zero attached hydrogens (tertiary/aromatic N) is 3. The van der Waals surface area contributed by atoms with Gasteiger partial charge >= 0.3 is 0 Å². The topological polar surface area (TPSA) is 86.9 Å². The summed E-state index contributed by atoms with van der Waals surface area (Å²) >= 11 is 0. The largest absolute Gasteiger partial charge is 0.388 e. The summed E-state index contributed by atoms with van der Waals surface area (Å²) < 4.78 is 0. The molecule has 1 N–H and O–H groups in total. The Morgan fingerprint density at radius 1 is 0.846 bits per heavy atom. The van der Waals surface area contributed by atoms with E-state index in [4.69, 9.17) is 5.26 Å². The van der Waals surface area contributed by atoms with Gasteiger partial charge in [-0.2, -0.15) is 5.26 Å². The standard InChI is InChI=1S/C13H17NO.C13H15NO.C8H11N/c2*15-12(11-4-2-6-14-9-11)13-5-1-3-10(7-13)8-13;9-6-8-3-1-2-7(4-8)5-8/h2,4,6,9-10,12,15H,1,3,5,7-8H2;2,4,6,9-10H,1,3,5,7-8H2;7H,1-5H2. The summed E-state index contributed by atoms with van der Waals surface area (Å²) in [7, 11) is 0. The molecule has 9 aliphatic carbocycles. The second-order valence-electron chi connectivity index (χ2n) is 13.8. The minimum Gasteiger partial charge on any atom is -0.388 e. The van der Waals surface area contributed by atoms with Crippen LogP contribution in [0.2, 0.25) is 0 Å². The molecule has 39 heavy (non-hydrogen) atoms. The molecule has 2 aromatic heterocycles. The van der Waals surface area contributed by atoms with Crippen LogP contribution in [-0.4, -0.2) is 20.9 Å². The lowest BCUT2D eigenvalue weighted by molar-refractivity contribution is -0.106. The molecule has 2 heterocycles. The first-order valence-corrected chi connectivity index (χ1v) is 15.4. The third-order valence-electron chi connectivity index (χ3n) is 11.2. The molecular weight excluding hydrogens is 482 g/mol. The Labute approximate surface area is 233 Å². The molecule has 0 amide bonds. The fraction of sp³-hybridized carbons (Fsp3) is 0.647. The lowest BCUT2D eigenvalue weighted by Gasteiger charge is -2.55. The maximum Gasteiger partial charge on any atom is 0.170 e. The normalized spacial score (nSPS) is 37.4. The molecule has 5 nitrogen and oxygen atoms in total. The minimum atomic E-state index is -0.289. The second kappa shape index (κ2) is 10.8. The highest BCUT2D eigenvalue weighted by molar-refractivity contribution is 6.01. The third-order valence-corrected chi connectivity index (χ3v) is 11.2. The molecule has 1 unspecified atom stereocenters. The van der Waals surface area contributed by atoms with Crippen LogP contribution in [0.3, 0.4) is 0 Å². The monoisotopic (exact) mass is 525 g/mol. The second-order valence-corrected chi connectivity index (χ2v) is 13.8. The van der Waals surface area contributed by atoms with Gasteiger partial charge in [0.15, 0.2) is 5.78 Å². The number of aliphatic hydroxyl groups excluding tert-OH is 1. The highest BCUT2D eigenvalue weighted by Gasteiger charge is 2.53. The number of pyridine rings is 2. The van der Waals surface area contributed by atoms with Gasteiger partial charge < -0.3 is 5.11 Å². The Balaban J connectivity index is 0.000000110. The molecule has 9 saturated carbocycles. The van der Waals surface area contributed by atoms with Crippen LogP contribution >= 0.6 is 0 Å². The van der Waals surface area contributed by atoms with E-state index in [0.29, 0.717) is 5.78 Å². The van der Waals surface area contributed by atoms with Crippen LogP contribution in [0.5, 0.6) is 0 Å². The maximum absolute atomic E-state index is 12.3. The van der Waals surface area contributed by atoms with E-state index >= 15 is 0 Å². The van der Waals surface area contributed by atoms with Crippen LogP contribution in [0.25, 0.3) is 0 Å². The Kier molecular flexibility index (Phi) is 7.35. The number of nitriles is 1. The van der Waals surface area contributed by atoms with E-state index in [9.17, 15) is 9.90 Å². The Bertz CT molecular complexity index is 1160. The molecule has 0 radical (unpaired) electrons. The summed E-state index contributed by atoms with van der Waals surface area (Å²) in [5.41, 5.74) is 2.18. The van der Waals surface area contributed by atoms with E-state index in [-0.39, 0.29) is 22.3 Å². The van der Waals surface area contributed by atoms with Crippen molar-refractivity contribution in [3.63, 3.8) is 0 Å². The number of fused-ring (bicyclic) bond motifs is 6. The number of carbonyl (C=O) groups excluding carboxylic acids is 1. The lowest BCUT2D eigenvalue weighted by Crippen LogP contribution is -2.47. The van der Waals surface area contributed by atoms with Crippen molar-refractivity contribution in [2.45, 2.75) is 102 Å². The zero-order valence-corrected chi connectivity index (χ0v) is 23.2. The summed E-state index contributed by atoms with van der Waals surface area (Å²) in [5, 5.41) is 19.1. The van der Waals surface area contributed by atoms with Gasteiger partial charge in [-0.3, -0.25) is 14.8 Å². The highest BCUT2D eigenvalue weighted by Crippen LogP contribution is 2.61. The van der Waals surface area contributed by atoms with Crippen LogP contribution in [-0.2, 0) is 0 Å². The van der Waals surface area contributed by atoms with Crippen LogP contribution in [0.1, 0.15) is 118 Å². The first-order chi connectivity index (χ1) is 18.9. The Hall–Kier alpha value is -2.58. The zero-order valence-electron chi connectivity index (χ0n) is 23.2. The fourth-order valence-electron chi connectivity index (χ4n) is 9.11. The van der Waals surface area contributed by atoms with E-state index in [2.05, 4.69) is 16.0 Å². The molecule has 206 valence electrons. The molecular formula is C34H43N3O2. The number of rotatable bonds is 4. The van der Waals surface area contributed by atoms with Crippen molar-refractivity contribution in [1.29, 1.82) is 5.26 Å². The summed E-state index contributed by atoms with van der Waals surface area (Å²) in [6.45, 7) is 0. The van der Waals surface area contributed by atoms with Crippen molar-refractivity contribution in [2.75, 3.05) is 0 Å². The molecule has 0 aromatic carbocycles. The summed E-state index contributed by atoms with van der Waals surface area (Å²) in [4.78, 5) is 20.4. The SMILES string of the molecule is N#CC12CCCC(C1)C2.O=C(c1cccnc1)C12CCCC(C1)C2.OC(c1cccnc1)C12CCCC(C1)C2. The number of ketones is 1. The van der Waals surface area contributed by atoms with Gasteiger partial charge in [-0.1, -0.05) is 44.6 Å².